The third kappa shape index (κ3) is 5.28. The highest BCUT2D eigenvalue weighted by molar-refractivity contribution is 7.07. The highest BCUT2D eigenvalue weighted by Gasteiger charge is 2.25. The van der Waals surface area contributed by atoms with Gasteiger partial charge in [-0.25, -0.2) is 4.98 Å². The van der Waals surface area contributed by atoms with Gasteiger partial charge in [-0.1, -0.05) is 23.7 Å². The van der Waals surface area contributed by atoms with Gasteiger partial charge in [0.15, 0.2) is 0 Å². The van der Waals surface area contributed by atoms with Gasteiger partial charge >= 0.3 is 0 Å². The summed E-state index contributed by atoms with van der Waals surface area (Å²) in [5, 5.41) is 5.20. The highest BCUT2D eigenvalue weighted by Crippen LogP contribution is 2.15. The summed E-state index contributed by atoms with van der Waals surface area (Å²) < 4.78 is 0. The van der Waals surface area contributed by atoms with Crippen LogP contribution in [0.25, 0.3) is 0 Å². The van der Waals surface area contributed by atoms with Gasteiger partial charge in [-0.2, -0.15) is 0 Å². The van der Waals surface area contributed by atoms with Crippen molar-refractivity contribution < 1.29 is 9.59 Å². The van der Waals surface area contributed by atoms with Gasteiger partial charge in [-0.05, 0) is 25.5 Å². The van der Waals surface area contributed by atoms with E-state index in [-0.39, 0.29) is 11.8 Å². The van der Waals surface area contributed by atoms with E-state index < -0.39 is 6.04 Å². The van der Waals surface area contributed by atoms with Crippen LogP contribution in [0.2, 0.25) is 5.02 Å². The van der Waals surface area contributed by atoms with E-state index in [0.717, 1.165) is 31.7 Å². The third-order valence-electron chi connectivity index (χ3n) is 4.61. The molecule has 1 fully saturated rings. The van der Waals surface area contributed by atoms with Gasteiger partial charge in [0.1, 0.15) is 6.04 Å². The first-order chi connectivity index (χ1) is 13.0. The Hall–Kier alpha value is -1.96. The van der Waals surface area contributed by atoms with Crippen LogP contribution in [0.5, 0.6) is 0 Å². The van der Waals surface area contributed by atoms with Crippen molar-refractivity contribution in [1.29, 1.82) is 0 Å². The van der Waals surface area contributed by atoms with Crippen molar-refractivity contribution in [3.63, 3.8) is 0 Å². The molecule has 2 amide bonds. The standard InChI is InChI=1S/C19H23ClN4O2S/c1-14(22-18(25)16-5-2-3-6-17(16)20)19(26)24-8-4-7-23(9-10-24)11-15-12-27-13-21-15/h2-3,5-6,12-14H,4,7-11H2,1H3,(H,22,25). The quantitative estimate of drug-likeness (QED) is 0.829. The Kier molecular flexibility index (Phi) is 6.82. The van der Waals surface area contributed by atoms with Crippen LogP contribution in [0.3, 0.4) is 0 Å². The molecule has 3 rings (SSSR count). The van der Waals surface area contributed by atoms with E-state index in [1.807, 2.05) is 10.4 Å². The van der Waals surface area contributed by atoms with E-state index in [1.54, 1.807) is 42.5 Å². The smallest absolute Gasteiger partial charge is 0.253 e. The SMILES string of the molecule is CC(NC(=O)c1ccccc1Cl)C(=O)N1CCCN(Cc2cscn2)CC1. The highest BCUT2D eigenvalue weighted by atomic mass is 35.5. The molecule has 144 valence electrons. The van der Waals surface area contributed by atoms with Crippen molar-refractivity contribution >= 4 is 34.8 Å². The van der Waals surface area contributed by atoms with Gasteiger partial charge in [-0.15, -0.1) is 11.3 Å². The molecule has 1 atom stereocenters. The van der Waals surface area contributed by atoms with Crippen molar-refractivity contribution in [2.45, 2.75) is 25.9 Å². The Labute approximate surface area is 168 Å². The lowest BCUT2D eigenvalue weighted by Crippen LogP contribution is -2.48. The number of halogens is 1. The number of hydrogen-bond acceptors (Lipinski definition) is 5. The monoisotopic (exact) mass is 406 g/mol. The number of amides is 2. The molecule has 8 heteroatoms. The second-order valence-electron chi connectivity index (χ2n) is 6.61. The second-order valence-corrected chi connectivity index (χ2v) is 7.74. The lowest BCUT2D eigenvalue weighted by Gasteiger charge is -2.25. The Balaban J connectivity index is 1.53. The molecule has 1 aromatic heterocycles. The van der Waals surface area contributed by atoms with E-state index in [4.69, 9.17) is 11.6 Å². The zero-order valence-corrected chi connectivity index (χ0v) is 16.8. The number of carbonyl (C=O) groups excluding carboxylic acids is 2. The van der Waals surface area contributed by atoms with Crippen LogP contribution in [0.4, 0.5) is 0 Å². The van der Waals surface area contributed by atoms with Crippen LogP contribution in [0, 0.1) is 0 Å². The molecular formula is C19H23ClN4O2S. The van der Waals surface area contributed by atoms with E-state index in [2.05, 4.69) is 20.6 Å². The number of thiazole rings is 1. The number of nitrogens with one attached hydrogen (secondary N) is 1. The number of rotatable bonds is 5. The summed E-state index contributed by atoms with van der Waals surface area (Å²) in [6.45, 7) is 5.60. The van der Waals surface area contributed by atoms with E-state index >= 15 is 0 Å². The first-order valence-electron chi connectivity index (χ1n) is 8.98. The number of aromatic nitrogens is 1. The summed E-state index contributed by atoms with van der Waals surface area (Å²) in [4.78, 5) is 33.6. The van der Waals surface area contributed by atoms with Gasteiger partial charge in [-0.3, -0.25) is 14.5 Å². The Bertz CT molecular complexity index is 784. The average Bonchev–Trinajstić information content (AvgIpc) is 3.05. The lowest BCUT2D eigenvalue weighted by molar-refractivity contribution is -0.132. The topological polar surface area (TPSA) is 65.5 Å². The summed E-state index contributed by atoms with van der Waals surface area (Å²) in [5.41, 5.74) is 3.29. The Morgan fingerprint density at radius 3 is 2.81 bits per heavy atom. The summed E-state index contributed by atoms with van der Waals surface area (Å²) >= 11 is 7.66. The largest absolute Gasteiger partial charge is 0.340 e. The van der Waals surface area contributed by atoms with E-state index in [0.29, 0.717) is 23.7 Å². The first-order valence-corrected chi connectivity index (χ1v) is 10.3. The Morgan fingerprint density at radius 1 is 1.26 bits per heavy atom. The molecule has 6 nitrogen and oxygen atoms in total. The number of carbonyl (C=O) groups is 2. The molecular weight excluding hydrogens is 384 g/mol. The van der Waals surface area contributed by atoms with Crippen LogP contribution in [-0.2, 0) is 11.3 Å². The summed E-state index contributed by atoms with van der Waals surface area (Å²) in [6.07, 6.45) is 0.904. The van der Waals surface area contributed by atoms with Gasteiger partial charge in [0.2, 0.25) is 5.91 Å². The maximum absolute atomic E-state index is 12.8. The second kappa shape index (κ2) is 9.30. The van der Waals surface area contributed by atoms with Crippen molar-refractivity contribution in [2.24, 2.45) is 0 Å². The minimum atomic E-state index is -0.598. The first kappa shape index (κ1) is 19.8. The molecule has 0 spiro atoms. The van der Waals surface area contributed by atoms with Crippen molar-refractivity contribution in [2.75, 3.05) is 26.2 Å². The fourth-order valence-corrected chi connectivity index (χ4v) is 3.92. The van der Waals surface area contributed by atoms with Crippen LogP contribution in [0.15, 0.2) is 35.2 Å². The van der Waals surface area contributed by atoms with Gasteiger partial charge in [0.25, 0.3) is 5.91 Å². The molecule has 1 N–H and O–H groups in total. The van der Waals surface area contributed by atoms with Gasteiger partial charge < -0.3 is 10.2 Å². The maximum atomic E-state index is 12.8. The van der Waals surface area contributed by atoms with Crippen molar-refractivity contribution in [3.05, 3.63) is 51.4 Å². The molecule has 0 bridgehead atoms. The minimum absolute atomic E-state index is 0.0640. The molecule has 27 heavy (non-hydrogen) atoms. The molecule has 0 aliphatic carbocycles. The van der Waals surface area contributed by atoms with Crippen LogP contribution in [0.1, 0.15) is 29.4 Å². The molecule has 2 aromatic rings. The fraction of sp³-hybridized carbons (Fsp3) is 0.421. The van der Waals surface area contributed by atoms with Crippen LogP contribution >= 0.6 is 22.9 Å². The normalized spacial score (nSPS) is 16.6. The molecule has 0 radical (unpaired) electrons. The molecule has 1 unspecified atom stereocenters. The molecule has 1 aliphatic rings. The zero-order chi connectivity index (χ0) is 19.2. The maximum Gasteiger partial charge on any atom is 0.253 e. The van der Waals surface area contributed by atoms with Crippen molar-refractivity contribution in [1.82, 2.24) is 20.1 Å². The molecule has 1 saturated heterocycles. The van der Waals surface area contributed by atoms with E-state index in [9.17, 15) is 9.59 Å². The lowest BCUT2D eigenvalue weighted by atomic mass is 10.2. The average molecular weight is 407 g/mol. The summed E-state index contributed by atoms with van der Waals surface area (Å²) in [5.74, 6) is -0.396. The van der Waals surface area contributed by atoms with E-state index in [1.165, 1.54) is 0 Å². The zero-order valence-electron chi connectivity index (χ0n) is 15.2. The summed E-state index contributed by atoms with van der Waals surface area (Å²) in [6, 6.07) is 6.23. The number of nitrogens with zero attached hydrogens (tertiary/aromatic N) is 3. The predicted molar refractivity (Wildman–Crippen MR) is 107 cm³/mol. The van der Waals surface area contributed by atoms with Crippen LogP contribution < -0.4 is 5.32 Å². The van der Waals surface area contributed by atoms with Crippen LogP contribution in [-0.4, -0.2) is 58.8 Å². The Morgan fingerprint density at radius 2 is 2.07 bits per heavy atom. The molecule has 2 heterocycles. The number of hydrogen-bond donors (Lipinski definition) is 1. The minimum Gasteiger partial charge on any atom is -0.340 e. The third-order valence-corrected chi connectivity index (χ3v) is 5.57. The molecule has 1 aromatic carbocycles. The van der Waals surface area contributed by atoms with Crippen molar-refractivity contribution in [3.8, 4) is 0 Å². The summed E-state index contributed by atoms with van der Waals surface area (Å²) in [7, 11) is 0. The fourth-order valence-electron chi connectivity index (χ4n) is 3.15. The molecule has 0 saturated carbocycles. The predicted octanol–water partition coefficient (Wildman–Crippen LogP) is 2.65. The number of benzene rings is 1. The van der Waals surface area contributed by atoms with Gasteiger partial charge in [0.05, 0.1) is 21.8 Å². The van der Waals surface area contributed by atoms with Gasteiger partial charge in [0, 0.05) is 38.1 Å². The molecule has 1 aliphatic heterocycles.